The van der Waals surface area contributed by atoms with Crippen LogP contribution in [0.4, 0.5) is 0 Å². The van der Waals surface area contributed by atoms with Gasteiger partial charge in [-0.3, -0.25) is 4.79 Å². The van der Waals surface area contributed by atoms with E-state index in [9.17, 15) is 4.79 Å². The third-order valence-electron chi connectivity index (χ3n) is 5.01. The molecule has 130 valence electrons. The lowest BCUT2D eigenvalue weighted by atomic mass is 10.0. The first-order valence-corrected chi connectivity index (χ1v) is 8.99. The molecule has 1 aromatic heterocycles. The zero-order valence-electron chi connectivity index (χ0n) is 14.9. The van der Waals surface area contributed by atoms with Crippen molar-refractivity contribution in [1.82, 2.24) is 9.88 Å². The summed E-state index contributed by atoms with van der Waals surface area (Å²) in [5.74, 6) is 0.109. The number of nitrogens with one attached hydrogen (secondary N) is 1. The molecule has 26 heavy (non-hydrogen) atoms. The second-order valence-electron chi connectivity index (χ2n) is 6.69. The molecule has 0 aliphatic rings. The number of rotatable bonds is 5. The zero-order chi connectivity index (χ0) is 17.9. The summed E-state index contributed by atoms with van der Waals surface area (Å²) in [6, 6.07) is 22.9. The Morgan fingerprint density at radius 3 is 2.46 bits per heavy atom. The largest absolute Gasteiger partial charge is 0.361 e. The summed E-state index contributed by atoms with van der Waals surface area (Å²) in [6.07, 6.45) is 2.90. The van der Waals surface area contributed by atoms with Crippen LogP contribution in [0.5, 0.6) is 0 Å². The summed E-state index contributed by atoms with van der Waals surface area (Å²) in [4.78, 5) is 17.5. The average molecular weight is 342 g/mol. The van der Waals surface area contributed by atoms with Gasteiger partial charge in [0.2, 0.25) is 5.91 Å². The number of fused-ring (bicyclic) bond motifs is 2. The number of hydrogen-bond donors (Lipinski definition) is 1. The van der Waals surface area contributed by atoms with Crippen molar-refractivity contribution in [3.63, 3.8) is 0 Å². The Morgan fingerprint density at radius 1 is 0.885 bits per heavy atom. The molecular formula is C23H22N2O. The highest BCUT2D eigenvalue weighted by molar-refractivity contribution is 5.86. The van der Waals surface area contributed by atoms with Crippen molar-refractivity contribution < 1.29 is 4.79 Å². The van der Waals surface area contributed by atoms with E-state index >= 15 is 0 Å². The molecule has 0 radical (unpaired) electrons. The van der Waals surface area contributed by atoms with Gasteiger partial charge in [0.1, 0.15) is 0 Å². The van der Waals surface area contributed by atoms with E-state index in [1.54, 1.807) is 6.92 Å². The highest BCUT2D eigenvalue weighted by Gasteiger charge is 2.13. The van der Waals surface area contributed by atoms with Crippen LogP contribution in [0.25, 0.3) is 21.7 Å². The van der Waals surface area contributed by atoms with Crippen LogP contribution in [0.2, 0.25) is 0 Å². The molecule has 0 saturated heterocycles. The van der Waals surface area contributed by atoms with E-state index in [4.69, 9.17) is 0 Å². The van der Waals surface area contributed by atoms with Gasteiger partial charge in [-0.1, -0.05) is 60.7 Å². The predicted molar refractivity (Wildman–Crippen MR) is 107 cm³/mol. The maximum atomic E-state index is 12.2. The maximum absolute atomic E-state index is 12.2. The van der Waals surface area contributed by atoms with E-state index in [1.165, 1.54) is 27.3 Å². The molecule has 1 heterocycles. The fraction of sp³-hybridized carbons (Fsp3) is 0.174. The van der Waals surface area contributed by atoms with Crippen LogP contribution in [0, 0.1) is 0 Å². The second-order valence-corrected chi connectivity index (χ2v) is 6.69. The third-order valence-corrected chi connectivity index (χ3v) is 5.01. The predicted octanol–water partition coefficient (Wildman–Crippen LogP) is 4.91. The lowest BCUT2D eigenvalue weighted by Crippen LogP contribution is -2.30. The normalized spacial score (nSPS) is 11.1. The Hall–Kier alpha value is -3.07. The molecule has 0 spiro atoms. The smallest absolute Gasteiger partial charge is 0.219 e. The average Bonchev–Trinajstić information content (AvgIpc) is 3.08. The number of H-pyrrole nitrogens is 1. The molecule has 0 fully saturated rings. The molecule has 1 N–H and O–H groups in total. The molecule has 3 nitrogen and oxygen atoms in total. The molecule has 0 aliphatic heterocycles. The van der Waals surface area contributed by atoms with Crippen LogP contribution >= 0.6 is 0 Å². The lowest BCUT2D eigenvalue weighted by Gasteiger charge is -2.22. The van der Waals surface area contributed by atoms with Crippen LogP contribution in [0.3, 0.4) is 0 Å². The maximum Gasteiger partial charge on any atom is 0.219 e. The fourth-order valence-corrected chi connectivity index (χ4v) is 3.58. The summed E-state index contributed by atoms with van der Waals surface area (Å²) in [7, 11) is 0. The SMILES string of the molecule is CC(=O)N(CCc1c[nH]c2ccccc12)Cc1cccc2ccccc12. The van der Waals surface area contributed by atoms with Gasteiger partial charge in [-0.05, 0) is 34.4 Å². The molecule has 0 aliphatic carbocycles. The summed E-state index contributed by atoms with van der Waals surface area (Å²) in [6.45, 7) is 3.00. The summed E-state index contributed by atoms with van der Waals surface area (Å²) in [5.41, 5.74) is 3.59. The number of hydrogen-bond acceptors (Lipinski definition) is 1. The van der Waals surface area contributed by atoms with Crippen molar-refractivity contribution in [1.29, 1.82) is 0 Å². The van der Waals surface area contributed by atoms with E-state index in [1.807, 2.05) is 17.0 Å². The number of carbonyl (C=O) groups excluding carboxylic acids is 1. The minimum Gasteiger partial charge on any atom is -0.361 e. The Kier molecular flexibility index (Phi) is 4.44. The van der Waals surface area contributed by atoms with Crippen molar-refractivity contribution >= 4 is 27.6 Å². The molecule has 3 heteroatoms. The Bertz CT molecular complexity index is 1060. The lowest BCUT2D eigenvalue weighted by molar-refractivity contribution is -0.129. The van der Waals surface area contributed by atoms with Gasteiger partial charge < -0.3 is 9.88 Å². The van der Waals surface area contributed by atoms with Crippen molar-refractivity contribution in [2.45, 2.75) is 19.9 Å². The van der Waals surface area contributed by atoms with Gasteiger partial charge in [0.05, 0.1) is 0 Å². The molecule has 0 unspecified atom stereocenters. The molecule has 0 saturated carbocycles. The number of aromatic nitrogens is 1. The summed E-state index contributed by atoms with van der Waals surface area (Å²) >= 11 is 0. The highest BCUT2D eigenvalue weighted by Crippen LogP contribution is 2.21. The third kappa shape index (κ3) is 3.21. The molecular weight excluding hydrogens is 320 g/mol. The first-order chi connectivity index (χ1) is 12.7. The minimum absolute atomic E-state index is 0.109. The Balaban J connectivity index is 1.55. The number of carbonyl (C=O) groups is 1. The van der Waals surface area contributed by atoms with Crippen LogP contribution in [-0.2, 0) is 17.8 Å². The number of amides is 1. The van der Waals surface area contributed by atoms with E-state index in [2.05, 4.69) is 65.8 Å². The Labute approximate surface area is 153 Å². The monoisotopic (exact) mass is 342 g/mol. The van der Waals surface area contributed by atoms with E-state index in [0.717, 1.165) is 11.9 Å². The number of para-hydroxylation sites is 1. The summed E-state index contributed by atoms with van der Waals surface area (Å²) in [5, 5.41) is 3.67. The molecule has 4 rings (SSSR count). The van der Waals surface area contributed by atoms with Crippen molar-refractivity contribution in [2.75, 3.05) is 6.54 Å². The first-order valence-electron chi connectivity index (χ1n) is 8.99. The van der Waals surface area contributed by atoms with E-state index in [-0.39, 0.29) is 5.91 Å². The molecule has 3 aromatic carbocycles. The van der Waals surface area contributed by atoms with E-state index in [0.29, 0.717) is 13.1 Å². The Morgan fingerprint density at radius 2 is 1.62 bits per heavy atom. The second kappa shape index (κ2) is 7.04. The highest BCUT2D eigenvalue weighted by atomic mass is 16.2. The molecule has 0 bridgehead atoms. The topological polar surface area (TPSA) is 36.1 Å². The first kappa shape index (κ1) is 16.4. The van der Waals surface area contributed by atoms with Gasteiger partial charge in [0.25, 0.3) is 0 Å². The molecule has 0 atom stereocenters. The number of aromatic amines is 1. The van der Waals surface area contributed by atoms with Gasteiger partial charge in [-0.25, -0.2) is 0 Å². The number of nitrogens with zero attached hydrogens (tertiary/aromatic N) is 1. The van der Waals surface area contributed by atoms with Gasteiger partial charge in [0, 0.05) is 37.1 Å². The van der Waals surface area contributed by atoms with Gasteiger partial charge >= 0.3 is 0 Å². The van der Waals surface area contributed by atoms with Gasteiger partial charge in [-0.15, -0.1) is 0 Å². The molecule has 1 amide bonds. The fourth-order valence-electron chi connectivity index (χ4n) is 3.58. The quantitative estimate of drug-likeness (QED) is 0.549. The van der Waals surface area contributed by atoms with Crippen molar-refractivity contribution in [3.05, 3.63) is 84.1 Å². The van der Waals surface area contributed by atoms with Gasteiger partial charge in [0.15, 0.2) is 0 Å². The summed E-state index contributed by atoms with van der Waals surface area (Å²) < 4.78 is 0. The van der Waals surface area contributed by atoms with Crippen molar-refractivity contribution in [3.8, 4) is 0 Å². The van der Waals surface area contributed by atoms with Crippen LogP contribution < -0.4 is 0 Å². The zero-order valence-corrected chi connectivity index (χ0v) is 14.9. The number of benzene rings is 3. The molecule has 4 aromatic rings. The van der Waals surface area contributed by atoms with Crippen molar-refractivity contribution in [2.24, 2.45) is 0 Å². The minimum atomic E-state index is 0.109. The standard InChI is InChI=1S/C23H22N2O/c1-17(26)25(14-13-19-15-24-23-12-5-4-11-22(19)23)16-20-9-6-8-18-7-2-3-10-21(18)20/h2-12,15,24H,13-14,16H2,1H3. The van der Waals surface area contributed by atoms with Crippen LogP contribution in [-0.4, -0.2) is 22.3 Å². The van der Waals surface area contributed by atoms with Gasteiger partial charge in [-0.2, -0.15) is 0 Å². The van der Waals surface area contributed by atoms with Crippen LogP contribution in [0.1, 0.15) is 18.1 Å². The van der Waals surface area contributed by atoms with E-state index < -0.39 is 0 Å². The van der Waals surface area contributed by atoms with Crippen LogP contribution in [0.15, 0.2) is 72.9 Å².